The Morgan fingerprint density at radius 2 is 1.73 bits per heavy atom. The molecule has 0 saturated heterocycles. The van der Waals surface area contributed by atoms with Crippen LogP contribution in [0.15, 0.2) is 47.6 Å². The number of benzene rings is 2. The first-order valence-electron chi connectivity index (χ1n) is 7.78. The van der Waals surface area contributed by atoms with Gasteiger partial charge in [-0.2, -0.15) is 5.10 Å². The highest BCUT2D eigenvalue weighted by atomic mass is 32.1. The van der Waals surface area contributed by atoms with E-state index in [2.05, 4.69) is 10.5 Å². The zero-order valence-electron chi connectivity index (χ0n) is 14.6. The normalized spacial score (nSPS) is 10.9. The highest BCUT2D eigenvalue weighted by Crippen LogP contribution is 2.38. The number of rotatable bonds is 6. The number of methoxy groups -OCH3 is 3. The van der Waals surface area contributed by atoms with Crippen molar-refractivity contribution in [3.8, 4) is 17.2 Å². The first-order chi connectivity index (χ1) is 12.7. The molecule has 0 atom stereocenters. The molecule has 0 aliphatic rings. The molecule has 0 spiro atoms. The topological polar surface area (TPSA) is 69.2 Å². The van der Waals surface area contributed by atoms with Crippen LogP contribution < -0.4 is 19.6 Å². The molecule has 3 rings (SSSR count). The molecule has 134 valence electrons. The highest BCUT2D eigenvalue weighted by molar-refractivity contribution is 7.20. The van der Waals surface area contributed by atoms with Crippen LogP contribution in [0.1, 0.15) is 15.2 Å². The first-order valence-corrected chi connectivity index (χ1v) is 8.60. The largest absolute Gasteiger partial charge is 0.493 e. The third-order valence-corrected chi connectivity index (χ3v) is 4.78. The number of fused-ring (bicyclic) bond motifs is 1. The fraction of sp³-hybridized carbons (Fsp3) is 0.158. The van der Waals surface area contributed by atoms with E-state index < -0.39 is 0 Å². The van der Waals surface area contributed by atoms with Crippen molar-refractivity contribution in [2.75, 3.05) is 21.3 Å². The Hall–Kier alpha value is -3.06. The molecule has 1 N–H and O–H groups in total. The second-order valence-electron chi connectivity index (χ2n) is 5.30. The standard InChI is InChI=1S/C19H18N2O4S/c1-23-15-9-13(10-16(24-2)18(15)25-3)19(22)21-20-11-14-8-12-6-4-5-7-17(12)26-14/h4-11H,1-3H3,(H,21,22)/b20-11+. The smallest absolute Gasteiger partial charge is 0.271 e. The summed E-state index contributed by atoms with van der Waals surface area (Å²) in [6, 6.07) is 13.2. The lowest BCUT2D eigenvalue weighted by Crippen LogP contribution is -2.17. The summed E-state index contributed by atoms with van der Waals surface area (Å²) in [7, 11) is 4.51. The molecular weight excluding hydrogens is 352 g/mol. The molecule has 1 amide bonds. The van der Waals surface area contributed by atoms with E-state index in [4.69, 9.17) is 14.2 Å². The van der Waals surface area contributed by atoms with E-state index in [9.17, 15) is 4.79 Å². The van der Waals surface area contributed by atoms with E-state index in [0.29, 0.717) is 22.8 Å². The Balaban J connectivity index is 1.77. The molecular formula is C19H18N2O4S. The van der Waals surface area contributed by atoms with Gasteiger partial charge >= 0.3 is 0 Å². The van der Waals surface area contributed by atoms with Gasteiger partial charge in [-0.15, -0.1) is 11.3 Å². The van der Waals surface area contributed by atoms with E-state index in [1.807, 2.05) is 30.3 Å². The number of nitrogens with zero attached hydrogens (tertiary/aromatic N) is 1. The molecule has 7 heteroatoms. The van der Waals surface area contributed by atoms with E-state index in [-0.39, 0.29) is 5.91 Å². The summed E-state index contributed by atoms with van der Waals surface area (Å²) in [4.78, 5) is 13.3. The SMILES string of the molecule is COc1cc(C(=O)N/N=C/c2cc3ccccc3s2)cc(OC)c1OC. The molecule has 0 aliphatic carbocycles. The predicted octanol–water partition coefficient (Wildman–Crippen LogP) is 3.69. The number of hydrogen-bond donors (Lipinski definition) is 1. The Labute approximate surface area is 155 Å². The van der Waals surface area contributed by atoms with Crippen LogP contribution in [-0.4, -0.2) is 33.5 Å². The van der Waals surface area contributed by atoms with Crippen LogP contribution in [0.5, 0.6) is 17.2 Å². The molecule has 0 fully saturated rings. The highest BCUT2D eigenvalue weighted by Gasteiger charge is 2.16. The molecule has 0 unspecified atom stereocenters. The maximum absolute atomic E-state index is 12.4. The van der Waals surface area contributed by atoms with Gasteiger partial charge < -0.3 is 14.2 Å². The van der Waals surface area contributed by atoms with Crippen molar-refractivity contribution in [1.29, 1.82) is 0 Å². The molecule has 3 aromatic rings. The van der Waals surface area contributed by atoms with Crippen molar-refractivity contribution in [2.45, 2.75) is 0 Å². The Morgan fingerprint density at radius 3 is 2.35 bits per heavy atom. The van der Waals surface area contributed by atoms with Gasteiger partial charge in [0.05, 0.1) is 27.5 Å². The van der Waals surface area contributed by atoms with Crippen LogP contribution in [0.25, 0.3) is 10.1 Å². The van der Waals surface area contributed by atoms with Gasteiger partial charge in [0.25, 0.3) is 5.91 Å². The lowest BCUT2D eigenvalue weighted by Gasteiger charge is -2.13. The number of carbonyl (C=O) groups is 1. The zero-order valence-corrected chi connectivity index (χ0v) is 15.4. The Bertz CT molecular complexity index is 907. The Morgan fingerprint density at radius 1 is 1.04 bits per heavy atom. The van der Waals surface area contributed by atoms with E-state index in [1.165, 1.54) is 26.0 Å². The van der Waals surface area contributed by atoms with Crippen LogP contribution in [0.3, 0.4) is 0 Å². The van der Waals surface area contributed by atoms with E-state index >= 15 is 0 Å². The van der Waals surface area contributed by atoms with Crippen molar-refractivity contribution in [3.63, 3.8) is 0 Å². The third kappa shape index (κ3) is 3.62. The molecule has 1 aromatic heterocycles. The minimum absolute atomic E-state index is 0.355. The number of nitrogens with one attached hydrogen (secondary N) is 1. The summed E-state index contributed by atoms with van der Waals surface area (Å²) in [6.07, 6.45) is 1.63. The number of ether oxygens (including phenoxy) is 3. The zero-order chi connectivity index (χ0) is 18.5. The van der Waals surface area contributed by atoms with Gasteiger partial charge in [-0.3, -0.25) is 4.79 Å². The molecule has 0 saturated carbocycles. The third-order valence-electron chi connectivity index (χ3n) is 3.73. The van der Waals surface area contributed by atoms with E-state index in [1.54, 1.807) is 29.7 Å². The van der Waals surface area contributed by atoms with Crippen molar-refractivity contribution >= 4 is 33.5 Å². The van der Waals surface area contributed by atoms with Gasteiger partial charge in [0.15, 0.2) is 11.5 Å². The number of carbonyl (C=O) groups excluding carboxylic acids is 1. The van der Waals surface area contributed by atoms with Crippen LogP contribution in [0.4, 0.5) is 0 Å². The van der Waals surface area contributed by atoms with Crippen molar-refractivity contribution in [1.82, 2.24) is 5.43 Å². The minimum atomic E-state index is -0.374. The summed E-state index contributed by atoms with van der Waals surface area (Å²) in [6.45, 7) is 0. The van der Waals surface area contributed by atoms with Crippen LogP contribution in [-0.2, 0) is 0 Å². The Kier molecular flexibility index (Phi) is 5.38. The molecule has 1 heterocycles. The first kappa shape index (κ1) is 17.8. The van der Waals surface area contributed by atoms with Crippen molar-refractivity contribution in [3.05, 3.63) is 52.9 Å². The second kappa shape index (κ2) is 7.88. The molecule has 6 nitrogen and oxygen atoms in total. The van der Waals surface area contributed by atoms with E-state index in [0.717, 1.165) is 10.3 Å². The summed E-state index contributed by atoms with van der Waals surface area (Å²) < 4.78 is 16.9. The van der Waals surface area contributed by atoms with Gasteiger partial charge in [0.1, 0.15) is 0 Å². The number of amides is 1. The van der Waals surface area contributed by atoms with Crippen molar-refractivity contribution in [2.24, 2.45) is 5.10 Å². The minimum Gasteiger partial charge on any atom is -0.493 e. The lowest BCUT2D eigenvalue weighted by molar-refractivity contribution is 0.0954. The molecule has 0 radical (unpaired) electrons. The maximum atomic E-state index is 12.4. The van der Waals surface area contributed by atoms with Gasteiger partial charge in [0.2, 0.25) is 5.75 Å². The maximum Gasteiger partial charge on any atom is 0.271 e. The van der Waals surface area contributed by atoms with Gasteiger partial charge in [0, 0.05) is 15.1 Å². The van der Waals surface area contributed by atoms with Crippen LogP contribution >= 0.6 is 11.3 Å². The number of hydrogen-bond acceptors (Lipinski definition) is 6. The van der Waals surface area contributed by atoms with Crippen LogP contribution in [0.2, 0.25) is 0 Å². The summed E-state index contributed by atoms with van der Waals surface area (Å²) in [5.41, 5.74) is 2.87. The summed E-state index contributed by atoms with van der Waals surface area (Å²) in [5, 5.41) is 5.19. The van der Waals surface area contributed by atoms with Crippen LogP contribution in [0, 0.1) is 0 Å². The molecule has 2 aromatic carbocycles. The van der Waals surface area contributed by atoms with Gasteiger partial charge in [-0.25, -0.2) is 5.43 Å². The average molecular weight is 370 g/mol. The fourth-order valence-electron chi connectivity index (χ4n) is 2.50. The summed E-state index contributed by atoms with van der Waals surface area (Å²) >= 11 is 1.60. The number of hydrazone groups is 1. The lowest BCUT2D eigenvalue weighted by atomic mass is 10.1. The van der Waals surface area contributed by atoms with Crippen molar-refractivity contribution < 1.29 is 19.0 Å². The molecule has 0 aliphatic heterocycles. The average Bonchev–Trinajstić information content (AvgIpc) is 3.09. The van der Waals surface area contributed by atoms with Gasteiger partial charge in [-0.05, 0) is 29.7 Å². The molecule has 0 bridgehead atoms. The fourth-order valence-corrected chi connectivity index (χ4v) is 3.43. The molecule has 26 heavy (non-hydrogen) atoms. The predicted molar refractivity (Wildman–Crippen MR) is 103 cm³/mol. The monoisotopic (exact) mass is 370 g/mol. The summed E-state index contributed by atoms with van der Waals surface area (Å²) in [5.74, 6) is 0.873. The second-order valence-corrected chi connectivity index (χ2v) is 6.42. The van der Waals surface area contributed by atoms with Gasteiger partial charge in [-0.1, -0.05) is 18.2 Å². The quantitative estimate of drug-likeness (QED) is 0.531. The number of thiophene rings is 1.